The minimum atomic E-state index is 0.606. The number of aryl methyl sites for hydroxylation is 1. The number of anilines is 1. The fourth-order valence-electron chi connectivity index (χ4n) is 2.65. The Kier molecular flexibility index (Phi) is 2.98. The van der Waals surface area contributed by atoms with Gasteiger partial charge in [-0.25, -0.2) is 0 Å². The molecule has 0 bridgehead atoms. The second kappa shape index (κ2) is 4.25. The molecule has 0 aliphatic heterocycles. The van der Waals surface area contributed by atoms with Crippen LogP contribution in [0.15, 0.2) is 12.3 Å². The van der Waals surface area contributed by atoms with E-state index in [1.54, 1.807) is 0 Å². The molecule has 1 aliphatic carbocycles. The molecule has 2 rings (SSSR count). The van der Waals surface area contributed by atoms with Crippen molar-refractivity contribution in [3.63, 3.8) is 0 Å². The fourth-order valence-corrected chi connectivity index (χ4v) is 2.65. The zero-order valence-electron chi connectivity index (χ0n) is 9.90. The van der Waals surface area contributed by atoms with Gasteiger partial charge in [0.1, 0.15) is 5.82 Å². The molecule has 2 atom stereocenters. The number of hydrogen-bond donors (Lipinski definition) is 1. The standard InChI is InChI=1S/C12H21N3/c1-9-5-4-6-10(2)12(9)14-11-7-8-13-15(11)3/h7-10,12,14H,4-6H2,1-3H3. The number of rotatable bonds is 2. The van der Waals surface area contributed by atoms with Gasteiger partial charge in [0.15, 0.2) is 0 Å². The van der Waals surface area contributed by atoms with Crippen molar-refractivity contribution >= 4 is 5.82 Å². The van der Waals surface area contributed by atoms with Gasteiger partial charge in [0, 0.05) is 19.2 Å². The van der Waals surface area contributed by atoms with Gasteiger partial charge in [-0.2, -0.15) is 5.10 Å². The Morgan fingerprint density at radius 3 is 2.53 bits per heavy atom. The average molecular weight is 207 g/mol. The molecule has 0 radical (unpaired) electrons. The first-order chi connectivity index (χ1) is 7.18. The Balaban J connectivity index is 2.06. The van der Waals surface area contributed by atoms with E-state index in [0.29, 0.717) is 6.04 Å². The van der Waals surface area contributed by atoms with Crippen LogP contribution in [-0.4, -0.2) is 15.8 Å². The Morgan fingerprint density at radius 1 is 1.33 bits per heavy atom. The van der Waals surface area contributed by atoms with E-state index in [2.05, 4.69) is 24.3 Å². The summed E-state index contributed by atoms with van der Waals surface area (Å²) >= 11 is 0. The minimum absolute atomic E-state index is 0.606. The summed E-state index contributed by atoms with van der Waals surface area (Å²) in [6.07, 6.45) is 5.92. The Bertz CT molecular complexity index is 308. The zero-order valence-corrected chi connectivity index (χ0v) is 9.90. The van der Waals surface area contributed by atoms with Crippen molar-refractivity contribution in [3.8, 4) is 0 Å². The van der Waals surface area contributed by atoms with Crippen molar-refractivity contribution in [1.82, 2.24) is 9.78 Å². The molecule has 1 heterocycles. The topological polar surface area (TPSA) is 29.9 Å². The van der Waals surface area contributed by atoms with Crippen molar-refractivity contribution in [1.29, 1.82) is 0 Å². The van der Waals surface area contributed by atoms with Gasteiger partial charge in [-0.15, -0.1) is 0 Å². The quantitative estimate of drug-likeness (QED) is 0.808. The van der Waals surface area contributed by atoms with Crippen molar-refractivity contribution in [3.05, 3.63) is 12.3 Å². The van der Waals surface area contributed by atoms with Gasteiger partial charge in [0.2, 0.25) is 0 Å². The van der Waals surface area contributed by atoms with Gasteiger partial charge >= 0.3 is 0 Å². The number of nitrogens with zero attached hydrogens (tertiary/aromatic N) is 2. The zero-order chi connectivity index (χ0) is 10.8. The monoisotopic (exact) mass is 207 g/mol. The maximum atomic E-state index is 4.19. The fraction of sp³-hybridized carbons (Fsp3) is 0.750. The molecule has 1 aromatic rings. The molecule has 15 heavy (non-hydrogen) atoms. The average Bonchev–Trinajstić information content (AvgIpc) is 2.58. The van der Waals surface area contributed by atoms with Crippen LogP contribution in [-0.2, 0) is 7.05 Å². The SMILES string of the molecule is CC1CCCC(C)C1Nc1ccnn1C. The lowest BCUT2D eigenvalue weighted by Gasteiger charge is -2.35. The molecule has 2 unspecified atom stereocenters. The van der Waals surface area contributed by atoms with Crippen LogP contribution in [0.3, 0.4) is 0 Å². The maximum absolute atomic E-state index is 4.19. The highest BCUT2D eigenvalue weighted by Gasteiger charge is 2.27. The smallest absolute Gasteiger partial charge is 0.124 e. The highest BCUT2D eigenvalue weighted by molar-refractivity contribution is 5.35. The molecular weight excluding hydrogens is 186 g/mol. The van der Waals surface area contributed by atoms with Crippen molar-refractivity contribution in [2.24, 2.45) is 18.9 Å². The van der Waals surface area contributed by atoms with Crippen LogP contribution in [0.1, 0.15) is 33.1 Å². The van der Waals surface area contributed by atoms with Gasteiger partial charge < -0.3 is 5.32 Å². The second-order valence-electron chi connectivity index (χ2n) is 4.90. The summed E-state index contributed by atoms with van der Waals surface area (Å²) in [6.45, 7) is 4.70. The van der Waals surface area contributed by atoms with Crippen LogP contribution in [0.25, 0.3) is 0 Å². The molecular formula is C12H21N3. The lowest BCUT2D eigenvalue weighted by Crippen LogP contribution is -2.37. The van der Waals surface area contributed by atoms with E-state index in [1.807, 2.05) is 24.0 Å². The predicted molar refractivity (Wildman–Crippen MR) is 62.8 cm³/mol. The molecule has 1 aromatic heterocycles. The van der Waals surface area contributed by atoms with E-state index in [1.165, 1.54) is 19.3 Å². The normalized spacial score (nSPS) is 31.5. The van der Waals surface area contributed by atoms with E-state index >= 15 is 0 Å². The number of aromatic nitrogens is 2. The Hall–Kier alpha value is -0.990. The van der Waals surface area contributed by atoms with E-state index < -0.39 is 0 Å². The van der Waals surface area contributed by atoms with Gasteiger partial charge in [0.05, 0.1) is 6.20 Å². The predicted octanol–water partition coefficient (Wildman–Crippen LogP) is 2.66. The van der Waals surface area contributed by atoms with Crippen LogP contribution in [0.4, 0.5) is 5.82 Å². The molecule has 3 heteroatoms. The third-order valence-electron chi connectivity index (χ3n) is 3.68. The van der Waals surface area contributed by atoms with Crippen LogP contribution >= 0.6 is 0 Å². The number of hydrogen-bond acceptors (Lipinski definition) is 2. The molecule has 1 N–H and O–H groups in total. The second-order valence-corrected chi connectivity index (χ2v) is 4.90. The van der Waals surface area contributed by atoms with Crippen LogP contribution in [0, 0.1) is 11.8 Å². The first-order valence-corrected chi connectivity index (χ1v) is 5.93. The molecule has 1 aliphatic rings. The summed E-state index contributed by atoms with van der Waals surface area (Å²) in [5, 5.41) is 7.82. The molecule has 0 amide bonds. The first kappa shape index (κ1) is 10.5. The molecule has 0 spiro atoms. The summed E-state index contributed by atoms with van der Waals surface area (Å²) in [5.74, 6) is 2.67. The van der Waals surface area contributed by atoms with Crippen LogP contribution < -0.4 is 5.32 Å². The number of nitrogens with one attached hydrogen (secondary N) is 1. The van der Waals surface area contributed by atoms with Gasteiger partial charge in [0.25, 0.3) is 0 Å². The van der Waals surface area contributed by atoms with Crippen molar-refractivity contribution in [2.75, 3.05) is 5.32 Å². The van der Waals surface area contributed by atoms with Gasteiger partial charge in [-0.1, -0.05) is 20.3 Å². The first-order valence-electron chi connectivity index (χ1n) is 5.93. The van der Waals surface area contributed by atoms with Crippen molar-refractivity contribution < 1.29 is 0 Å². The molecule has 1 saturated carbocycles. The van der Waals surface area contributed by atoms with E-state index in [4.69, 9.17) is 0 Å². The van der Waals surface area contributed by atoms with Crippen molar-refractivity contribution in [2.45, 2.75) is 39.2 Å². The minimum Gasteiger partial charge on any atom is -0.367 e. The molecule has 0 saturated heterocycles. The molecule has 3 nitrogen and oxygen atoms in total. The van der Waals surface area contributed by atoms with Crippen LogP contribution in [0.5, 0.6) is 0 Å². The van der Waals surface area contributed by atoms with Crippen LogP contribution in [0.2, 0.25) is 0 Å². The summed E-state index contributed by atoms with van der Waals surface area (Å²) < 4.78 is 1.91. The Morgan fingerprint density at radius 2 is 2.00 bits per heavy atom. The molecule has 1 fully saturated rings. The van der Waals surface area contributed by atoms with E-state index in [9.17, 15) is 0 Å². The Labute approximate surface area is 91.9 Å². The van der Waals surface area contributed by atoms with Gasteiger partial charge in [-0.3, -0.25) is 4.68 Å². The maximum Gasteiger partial charge on any atom is 0.124 e. The third-order valence-corrected chi connectivity index (χ3v) is 3.68. The third kappa shape index (κ3) is 2.16. The summed E-state index contributed by atoms with van der Waals surface area (Å²) in [5.41, 5.74) is 0. The lowest BCUT2D eigenvalue weighted by molar-refractivity contribution is 0.267. The van der Waals surface area contributed by atoms with Gasteiger partial charge in [-0.05, 0) is 24.7 Å². The highest BCUT2D eigenvalue weighted by atomic mass is 15.3. The van der Waals surface area contributed by atoms with E-state index in [0.717, 1.165) is 17.7 Å². The summed E-state index contributed by atoms with van der Waals surface area (Å²) in [7, 11) is 1.99. The van der Waals surface area contributed by atoms with E-state index in [-0.39, 0.29) is 0 Å². The summed E-state index contributed by atoms with van der Waals surface area (Å²) in [6, 6.07) is 2.66. The highest BCUT2D eigenvalue weighted by Crippen LogP contribution is 2.30. The molecule has 84 valence electrons. The lowest BCUT2D eigenvalue weighted by atomic mass is 9.79. The summed E-state index contributed by atoms with van der Waals surface area (Å²) in [4.78, 5) is 0. The molecule has 0 aromatic carbocycles. The largest absolute Gasteiger partial charge is 0.367 e.